The highest BCUT2D eigenvalue weighted by molar-refractivity contribution is 6.43. The van der Waals surface area contributed by atoms with Crippen LogP contribution in [0.15, 0.2) is 77.8 Å². The largest absolute Gasteiger partial charge is 0.504 e. The number of aromatic hydroxyl groups is 2. The maximum atomic E-state index is 13.2. The third-order valence-electron chi connectivity index (χ3n) is 8.22. The summed E-state index contributed by atoms with van der Waals surface area (Å²) < 4.78 is 5.58. The number of phenolic OH excluding ortho intramolecular Hbond substituents is 2. The molecule has 0 bridgehead atoms. The molecule has 0 aliphatic heterocycles. The molecular formula is C37H41ClN4O4. The van der Waals surface area contributed by atoms with Crippen LogP contribution >= 0.6 is 11.6 Å². The number of benzene rings is 4. The van der Waals surface area contributed by atoms with E-state index in [1.165, 1.54) is 6.07 Å². The van der Waals surface area contributed by atoms with Crippen molar-refractivity contribution in [3.05, 3.63) is 100 Å². The fourth-order valence-electron chi connectivity index (χ4n) is 5.46. The Morgan fingerprint density at radius 1 is 1.00 bits per heavy atom. The second-order valence-corrected chi connectivity index (χ2v) is 11.9. The van der Waals surface area contributed by atoms with Crippen molar-refractivity contribution in [2.75, 3.05) is 13.7 Å². The Hall–Kier alpha value is -4.69. The number of hydrogen-bond donors (Lipinski definition) is 5. The van der Waals surface area contributed by atoms with Gasteiger partial charge in [0.05, 0.1) is 19.2 Å². The molecule has 0 heterocycles. The van der Waals surface area contributed by atoms with Crippen molar-refractivity contribution in [3.63, 3.8) is 0 Å². The molecule has 0 saturated heterocycles. The molecule has 0 aromatic heterocycles. The standard InChI is InChI=1S/C37H41ClN4O4/c1-5-25(22(2)39)19-28-10-14-30(46-4)20-31(28)36(27-8-12-29(38)13-9-27)42-33(23(3)40)21-35(44)41-17-16-24-6-7-26-11-15-34(43)37(45)32(26)18-24/h6-15,18,20,25,36,39-40,43,45H,5,16-17,19,21H2,1-4H3,(H,41,44). The number of fused-ring (bicyclic) bond motifs is 1. The van der Waals surface area contributed by atoms with Crippen LogP contribution in [0.2, 0.25) is 5.02 Å². The lowest BCUT2D eigenvalue weighted by Crippen LogP contribution is -2.29. The highest BCUT2D eigenvalue weighted by Crippen LogP contribution is 2.35. The predicted octanol–water partition coefficient (Wildman–Crippen LogP) is 7.84. The maximum absolute atomic E-state index is 13.2. The van der Waals surface area contributed by atoms with Crippen LogP contribution in [-0.4, -0.2) is 46.9 Å². The molecule has 0 saturated carbocycles. The number of carbonyl (C=O) groups is 1. The molecule has 4 aromatic carbocycles. The number of nitrogens with one attached hydrogen (secondary N) is 3. The molecule has 2 atom stereocenters. The van der Waals surface area contributed by atoms with Crippen molar-refractivity contribution in [1.82, 2.24) is 5.32 Å². The number of halogens is 1. The van der Waals surface area contributed by atoms with E-state index in [4.69, 9.17) is 32.1 Å². The first kappa shape index (κ1) is 34.2. The zero-order valence-corrected chi connectivity index (χ0v) is 27.4. The third-order valence-corrected chi connectivity index (χ3v) is 8.47. The van der Waals surface area contributed by atoms with Gasteiger partial charge in [0.25, 0.3) is 0 Å². The highest BCUT2D eigenvalue weighted by Gasteiger charge is 2.23. The minimum atomic E-state index is -0.546. The van der Waals surface area contributed by atoms with Crippen molar-refractivity contribution in [3.8, 4) is 17.2 Å². The molecule has 9 heteroatoms. The van der Waals surface area contributed by atoms with Gasteiger partial charge >= 0.3 is 0 Å². The monoisotopic (exact) mass is 640 g/mol. The first-order valence-corrected chi connectivity index (χ1v) is 15.7. The van der Waals surface area contributed by atoms with Crippen LogP contribution in [0.4, 0.5) is 0 Å². The van der Waals surface area contributed by atoms with Gasteiger partial charge in [-0.3, -0.25) is 9.79 Å². The third kappa shape index (κ3) is 8.52. The van der Waals surface area contributed by atoms with Crippen molar-refractivity contribution in [1.29, 1.82) is 10.8 Å². The minimum absolute atomic E-state index is 0.0639. The Labute approximate surface area is 275 Å². The summed E-state index contributed by atoms with van der Waals surface area (Å²) in [6, 6.07) is 21.5. The van der Waals surface area contributed by atoms with Crippen LogP contribution in [0, 0.1) is 16.7 Å². The SMILES string of the molecule is CCC(Cc1ccc(OC)cc1C(N=C(CC(=O)NCCc1ccc2ccc(O)c(O)c2c1)C(C)=N)c1ccc(Cl)cc1)C(C)=N. The number of phenols is 2. The van der Waals surface area contributed by atoms with Gasteiger partial charge in [-0.25, -0.2) is 0 Å². The van der Waals surface area contributed by atoms with Crippen molar-refractivity contribution in [2.24, 2.45) is 10.9 Å². The van der Waals surface area contributed by atoms with E-state index in [-0.39, 0.29) is 35.5 Å². The van der Waals surface area contributed by atoms with Crippen molar-refractivity contribution >= 4 is 45.4 Å². The topological polar surface area (TPSA) is 139 Å². The molecule has 8 nitrogen and oxygen atoms in total. The van der Waals surface area contributed by atoms with Crippen molar-refractivity contribution < 1.29 is 19.7 Å². The zero-order chi connectivity index (χ0) is 33.4. The van der Waals surface area contributed by atoms with E-state index in [0.29, 0.717) is 47.0 Å². The van der Waals surface area contributed by atoms with Crippen LogP contribution in [0.5, 0.6) is 17.2 Å². The van der Waals surface area contributed by atoms with Gasteiger partial charge in [0.1, 0.15) is 11.8 Å². The second kappa shape index (κ2) is 15.5. The summed E-state index contributed by atoms with van der Waals surface area (Å²) in [6.45, 7) is 5.87. The average molecular weight is 641 g/mol. The van der Waals surface area contributed by atoms with Gasteiger partial charge in [0, 0.05) is 34.3 Å². The Balaban J connectivity index is 1.61. The van der Waals surface area contributed by atoms with E-state index in [9.17, 15) is 15.0 Å². The van der Waals surface area contributed by atoms with Crippen molar-refractivity contribution in [2.45, 2.75) is 52.5 Å². The van der Waals surface area contributed by atoms with E-state index in [1.807, 2.05) is 49.4 Å². The second-order valence-electron chi connectivity index (χ2n) is 11.5. The molecule has 46 heavy (non-hydrogen) atoms. The smallest absolute Gasteiger partial charge is 0.226 e. The zero-order valence-electron chi connectivity index (χ0n) is 26.7. The predicted molar refractivity (Wildman–Crippen MR) is 187 cm³/mol. The molecule has 2 unspecified atom stereocenters. The highest BCUT2D eigenvalue weighted by atomic mass is 35.5. The maximum Gasteiger partial charge on any atom is 0.226 e. The lowest BCUT2D eigenvalue weighted by molar-refractivity contribution is -0.119. The summed E-state index contributed by atoms with van der Waals surface area (Å²) in [6.07, 6.45) is 1.90. The van der Waals surface area contributed by atoms with Gasteiger partial charge < -0.3 is 31.1 Å². The number of carbonyl (C=O) groups excluding carboxylic acids is 1. The van der Waals surface area contributed by atoms with Crippen LogP contribution in [-0.2, 0) is 17.6 Å². The molecule has 0 radical (unpaired) electrons. The lowest BCUT2D eigenvalue weighted by Gasteiger charge is -2.23. The van der Waals surface area contributed by atoms with E-state index in [0.717, 1.165) is 34.1 Å². The number of aliphatic imine (C=N–C) groups is 1. The Morgan fingerprint density at radius 3 is 2.37 bits per heavy atom. The van der Waals surface area contributed by atoms with Gasteiger partial charge in [-0.1, -0.05) is 54.9 Å². The summed E-state index contributed by atoms with van der Waals surface area (Å²) in [5, 5.41) is 41.8. The summed E-state index contributed by atoms with van der Waals surface area (Å²) in [7, 11) is 1.61. The minimum Gasteiger partial charge on any atom is -0.504 e. The number of rotatable bonds is 14. The summed E-state index contributed by atoms with van der Waals surface area (Å²) >= 11 is 6.23. The number of amides is 1. The van der Waals surface area contributed by atoms with E-state index < -0.39 is 6.04 Å². The number of nitrogens with zero attached hydrogens (tertiary/aromatic N) is 1. The number of ether oxygens (including phenoxy) is 1. The Bertz CT molecular complexity index is 1770. The molecule has 4 aromatic rings. The molecule has 1 amide bonds. The van der Waals surface area contributed by atoms with Gasteiger partial charge in [0.2, 0.25) is 5.91 Å². The molecule has 4 rings (SSSR count). The molecule has 0 aliphatic rings. The quantitative estimate of drug-likeness (QED) is 0.0707. The Kier molecular flexibility index (Phi) is 11.6. The Morgan fingerprint density at radius 2 is 1.72 bits per heavy atom. The molecule has 0 fully saturated rings. The molecule has 240 valence electrons. The van der Waals surface area contributed by atoms with Crippen LogP contribution < -0.4 is 10.1 Å². The molecular weight excluding hydrogens is 600 g/mol. The average Bonchev–Trinajstić information content (AvgIpc) is 3.04. The molecule has 5 N–H and O–H groups in total. The van der Waals surface area contributed by atoms with E-state index in [1.54, 1.807) is 38.3 Å². The van der Waals surface area contributed by atoms with Crippen LogP contribution in [0.1, 0.15) is 61.9 Å². The first-order chi connectivity index (χ1) is 22.0. The molecule has 0 aliphatic carbocycles. The van der Waals surface area contributed by atoms with Crippen LogP contribution in [0.3, 0.4) is 0 Å². The lowest BCUT2D eigenvalue weighted by atomic mass is 9.86. The number of methoxy groups -OCH3 is 1. The van der Waals surface area contributed by atoms with Gasteiger partial charge in [-0.15, -0.1) is 0 Å². The normalized spacial score (nSPS) is 12.8. The van der Waals surface area contributed by atoms with Gasteiger partial charge in [-0.2, -0.15) is 0 Å². The molecule has 0 spiro atoms. The van der Waals surface area contributed by atoms with Gasteiger partial charge in [0.15, 0.2) is 11.5 Å². The van der Waals surface area contributed by atoms with E-state index >= 15 is 0 Å². The van der Waals surface area contributed by atoms with E-state index in [2.05, 4.69) is 12.2 Å². The first-order valence-electron chi connectivity index (χ1n) is 15.3. The summed E-state index contributed by atoms with van der Waals surface area (Å²) in [5.41, 5.74) is 4.79. The fourth-order valence-corrected chi connectivity index (χ4v) is 5.59. The number of hydrogen-bond acceptors (Lipinski definition) is 7. The van der Waals surface area contributed by atoms with Gasteiger partial charge in [-0.05, 0) is 97.1 Å². The fraction of sp³-hybridized carbons (Fsp3) is 0.297. The van der Waals surface area contributed by atoms with Crippen LogP contribution in [0.25, 0.3) is 10.8 Å². The summed E-state index contributed by atoms with van der Waals surface area (Å²) in [4.78, 5) is 18.2. The summed E-state index contributed by atoms with van der Waals surface area (Å²) in [5.74, 6) is 0.112.